The Morgan fingerprint density at radius 3 is 2.05 bits per heavy atom. The predicted octanol–water partition coefficient (Wildman–Crippen LogP) is 0.476. The molecule has 0 amide bonds. The van der Waals surface area contributed by atoms with Gasteiger partial charge in [0.05, 0.1) is 0 Å². The van der Waals surface area contributed by atoms with E-state index in [2.05, 4.69) is 0 Å². The van der Waals surface area contributed by atoms with Crippen LogP contribution in [0.3, 0.4) is 0 Å². The average molecular weight is 341 g/mol. The maximum absolute atomic E-state index is 10.2. The second-order valence-corrected chi connectivity index (χ2v) is 6.24. The van der Waals surface area contributed by atoms with Crippen molar-refractivity contribution in [2.45, 2.75) is 0 Å². The van der Waals surface area contributed by atoms with Crippen LogP contribution in [0.1, 0.15) is 0 Å². The summed E-state index contributed by atoms with van der Waals surface area (Å²) in [7, 11) is 2.79. The van der Waals surface area contributed by atoms with Crippen LogP contribution in [0, 0.1) is 0 Å². The molecule has 0 spiro atoms. The van der Waals surface area contributed by atoms with E-state index in [9.17, 15) is 15.3 Å². The fourth-order valence-corrected chi connectivity index (χ4v) is 3.56. The molecule has 0 atom stereocenters. The van der Waals surface area contributed by atoms with Gasteiger partial charge in [0.2, 0.25) is 0 Å². The molecule has 0 aliphatic carbocycles. The number of rotatable bonds is 4. The van der Waals surface area contributed by atoms with Crippen molar-refractivity contribution in [1.82, 2.24) is 0 Å². The minimum atomic E-state index is -0.241. The van der Waals surface area contributed by atoms with Crippen molar-refractivity contribution in [2.24, 2.45) is 0 Å². The fourth-order valence-electron chi connectivity index (χ4n) is 1.70. The van der Waals surface area contributed by atoms with Crippen LogP contribution < -0.4 is 18.4 Å². The van der Waals surface area contributed by atoms with E-state index in [1.807, 2.05) is 0 Å². The van der Waals surface area contributed by atoms with Gasteiger partial charge in [0.1, 0.15) is 0 Å². The van der Waals surface area contributed by atoms with E-state index in [1.165, 1.54) is 20.3 Å². The van der Waals surface area contributed by atoms with Crippen LogP contribution in [0.25, 0.3) is 0 Å². The molecule has 0 unspecified atom stereocenters. The quantitative estimate of drug-likeness (QED) is 0.557. The van der Waals surface area contributed by atoms with Gasteiger partial charge in [-0.05, 0) is 0 Å². The SMILES string of the molecule is COc1c(O)cc([Se]c2ccc(O)cc2)c(O)c1OC. The number of ether oxygens (including phenoxy) is 2. The van der Waals surface area contributed by atoms with Gasteiger partial charge >= 0.3 is 122 Å². The number of aromatic hydroxyl groups is 3. The van der Waals surface area contributed by atoms with Gasteiger partial charge in [-0.2, -0.15) is 0 Å². The summed E-state index contributed by atoms with van der Waals surface area (Å²) in [6.45, 7) is 0. The number of hydrogen-bond donors (Lipinski definition) is 3. The number of phenolic OH excluding ortho intramolecular Hbond substituents is 3. The van der Waals surface area contributed by atoms with Crippen LogP contribution in [-0.4, -0.2) is 44.5 Å². The Balaban J connectivity index is 2.42. The van der Waals surface area contributed by atoms with Crippen molar-refractivity contribution in [2.75, 3.05) is 14.2 Å². The third-order valence-corrected chi connectivity index (χ3v) is 4.81. The molecule has 0 radical (unpaired) electrons. The van der Waals surface area contributed by atoms with E-state index in [0.29, 0.717) is 4.46 Å². The summed E-state index contributed by atoms with van der Waals surface area (Å²) in [5.74, 6) is 0.273. The summed E-state index contributed by atoms with van der Waals surface area (Å²) in [5, 5.41) is 29.3. The summed E-state index contributed by atoms with van der Waals surface area (Å²) in [4.78, 5) is 0. The summed E-state index contributed by atoms with van der Waals surface area (Å²) in [6.07, 6.45) is 0. The van der Waals surface area contributed by atoms with Crippen molar-refractivity contribution in [1.29, 1.82) is 0 Å². The summed E-state index contributed by atoms with van der Waals surface area (Å²) in [5.41, 5.74) is 0. The molecule has 106 valence electrons. The average Bonchev–Trinajstić information content (AvgIpc) is 2.44. The van der Waals surface area contributed by atoms with Gasteiger partial charge < -0.3 is 0 Å². The van der Waals surface area contributed by atoms with Crippen LogP contribution in [0.5, 0.6) is 28.7 Å². The topological polar surface area (TPSA) is 79.2 Å². The van der Waals surface area contributed by atoms with Crippen molar-refractivity contribution < 1.29 is 24.8 Å². The van der Waals surface area contributed by atoms with Crippen molar-refractivity contribution in [3.05, 3.63) is 30.3 Å². The zero-order valence-electron chi connectivity index (χ0n) is 11.0. The standard InChI is InChI=1S/C14H14O5Se/c1-18-13-10(16)7-11(12(17)14(13)19-2)20-9-5-3-8(15)4-6-9/h3-7,15-17H,1-2H3. The predicted molar refractivity (Wildman–Crippen MR) is 76.0 cm³/mol. The number of hydrogen-bond acceptors (Lipinski definition) is 5. The maximum atomic E-state index is 10.2. The molecule has 0 heterocycles. The first kappa shape index (κ1) is 14.4. The number of methoxy groups -OCH3 is 2. The second kappa shape index (κ2) is 5.94. The van der Waals surface area contributed by atoms with E-state index < -0.39 is 0 Å². The molecular weight excluding hydrogens is 327 g/mol. The molecule has 0 aliphatic heterocycles. The molecule has 3 N–H and O–H groups in total. The molecular formula is C14H14O5Se. The van der Waals surface area contributed by atoms with Crippen molar-refractivity contribution in [3.8, 4) is 28.7 Å². The Bertz CT molecular complexity index is 610. The molecule has 2 rings (SSSR count). The Hall–Kier alpha value is -2.04. The molecule has 0 saturated heterocycles. The zero-order chi connectivity index (χ0) is 14.7. The first-order chi connectivity index (χ1) is 9.56. The minimum absolute atomic E-state index is 0.0461. The first-order valence-electron chi connectivity index (χ1n) is 5.70. The normalized spacial score (nSPS) is 10.3. The molecule has 0 fully saturated rings. The zero-order valence-corrected chi connectivity index (χ0v) is 12.7. The molecule has 0 aromatic heterocycles. The Morgan fingerprint density at radius 1 is 0.900 bits per heavy atom. The first-order valence-corrected chi connectivity index (χ1v) is 7.42. The van der Waals surface area contributed by atoms with Gasteiger partial charge in [0.25, 0.3) is 0 Å². The Kier molecular flexibility index (Phi) is 4.27. The van der Waals surface area contributed by atoms with Crippen molar-refractivity contribution >= 4 is 23.9 Å². The summed E-state index contributed by atoms with van der Waals surface area (Å²) >= 11 is -0.241. The fraction of sp³-hybridized carbons (Fsp3) is 0.143. The Labute approximate surface area is 122 Å². The molecule has 20 heavy (non-hydrogen) atoms. The Morgan fingerprint density at radius 2 is 1.50 bits per heavy atom. The third kappa shape index (κ3) is 2.76. The van der Waals surface area contributed by atoms with Crippen molar-refractivity contribution in [3.63, 3.8) is 0 Å². The van der Waals surface area contributed by atoms with Crippen LogP contribution in [0.4, 0.5) is 0 Å². The van der Waals surface area contributed by atoms with E-state index in [4.69, 9.17) is 9.47 Å². The van der Waals surface area contributed by atoms with Crippen LogP contribution in [-0.2, 0) is 0 Å². The van der Waals surface area contributed by atoms with E-state index in [-0.39, 0.29) is 43.7 Å². The van der Waals surface area contributed by atoms with Gasteiger partial charge in [-0.1, -0.05) is 0 Å². The van der Waals surface area contributed by atoms with Crippen LogP contribution in [0.15, 0.2) is 30.3 Å². The molecule has 2 aromatic carbocycles. The molecule has 0 aliphatic rings. The number of benzene rings is 2. The van der Waals surface area contributed by atoms with Gasteiger partial charge in [-0.3, -0.25) is 0 Å². The molecule has 0 bridgehead atoms. The van der Waals surface area contributed by atoms with Gasteiger partial charge in [0, 0.05) is 0 Å². The monoisotopic (exact) mass is 342 g/mol. The second-order valence-electron chi connectivity index (χ2n) is 3.90. The third-order valence-electron chi connectivity index (χ3n) is 2.63. The molecule has 5 nitrogen and oxygen atoms in total. The molecule has 6 heteroatoms. The van der Waals surface area contributed by atoms with E-state index in [0.717, 1.165) is 4.46 Å². The van der Waals surface area contributed by atoms with Gasteiger partial charge in [-0.25, -0.2) is 0 Å². The van der Waals surface area contributed by atoms with Gasteiger partial charge in [0.15, 0.2) is 0 Å². The molecule has 0 saturated carbocycles. The van der Waals surface area contributed by atoms with Crippen LogP contribution in [0.2, 0.25) is 0 Å². The van der Waals surface area contributed by atoms with E-state index >= 15 is 0 Å². The molecule has 2 aromatic rings. The summed E-state index contributed by atoms with van der Waals surface area (Å²) < 4.78 is 11.6. The summed E-state index contributed by atoms with van der Waals surface area (Å²) in [6, 6.07) is 8.15. The number of phenols is 3. The van der Waals surface area contributed by atoms with Gasteiger partial charge in [-0.15, -0.1) is 0 Å². The van der Waals surface area contributed by atoms with E-state index in [1.54, 1.807) is 24.3 Å². The van der Waals surface area contributed by atoms with Crippen LogP contribution >= 0.6 is 0 Å².